The Morgan fingerprint density at radius 3 is 2.33 bits per heavy atom. The number of benzene rings is 2. The van der Waals surface area contributed by atoms with Crippen LogP contribution in [-0.4, -0.2) is 19.1 Å². The summed E-state index contributed by atoms with van der Waals surface area (Å²) in [6.07, 6.45) is 2.11. The third-order valence-electron chi connectivity index (χ3n) is 4.23. The average molecular weight is 325 g/mol. The Morgan fingerprint density at radius 1 is 1.00 bits per heavy atom. The molecule has 1 aliphatic heterocycles. The van der Waals surface area contributed by atoms with Gasteiger partial charge in [-0.1, -0.05) is 38.1 Å². The van der Waals surface area contributed by atoms with Gasteiger partial charge in [-0.15, -0.1) is 0 Å². The summed E-state index contributed by atoms with van der Waals surface area (Å²) in [5.74, 6) is 1.45. The molecule has 0 fully saturated rings. The number of amides is 1. The van der Waals surface area contributed by atoms with E-state index in [1.165, 1.54) is 11.1 Å². The Labute approximate surface area is 142 Å². The second-order valence-corrected chi connectivity index (χ2v) is 5.86. The van der Waals surface area contributed by atoms with Crippen molar-refractivity contribution in [1.29, 1.82) is 0 Å². The van der Waals surface area contributed by atoms with Gasteiger partial charge in [0.1, 0.15) is 13.2 Å². The first-order chi connectivity index (χ1) is 11.7. The molecule has 4 heteroatoms. The van der Waals surface area contributed by atoms with Crippen molar-refractivity contribution in [3.05, 3.63) is 53.1 Å². The SMILES string of the molecule is CCc1cccc(CC)c1NC(=O)Cc1ccc2c(c1)OCCO2. The van der Waals surface area contributed by atoms with E-state index in [1.54, 1.807) is 0 Å². The van der Waals surface area contributed by atoms with Gasteiger partial charge in [-0.2, -0.15) is 0 Å². The number of anilines is 1. The predicted molar refractivity (Wildman–Crippen MR) is 95.0 cm³/mol. The Morgan fingerprint density at radius 2 is 1.67 bits per heavy atom. The van der Waals surface area contributed by atoms with Crippen LogP contribution in [0.25, 0.3) is 0 Å². The number of para-hydroxylation sites is 1. The van der Waals surface area contributed by atoms with Crippen molar-refractivity contribution in [3.63, 3.8) is 0 Å². The summed E-state index contributed by atoms with van der Waals surface area (Å²) in [6.45, 7) is 5.32. The maximum atomic E-state index is 12.5. The summed E-state index contributed by atoms with van der Waals surface area (Å²) in [5, 5.41) is 3.10. The largest absolute Gasteiger partial charge is 0.486 e. The van der Waals surface area contributed by atoms with Gasteiger partial charge in [-0.25, -0.2) is 0 Å². The van der Waals surface area contributed by atoms with Crippen molar-refractivity contribution in [2.24, 2.45) is 0 Å². The molecule has 1 aliphatic rings. The third-order valence-corrected chi connectivity index (χ3v) is 4.23. The van der Waals surface area contributed by atoms with Gasteiger partial charge in [-0.3, -0.25) is 4.79 Å². The van der Waals surface area contributed by atoms with Crippen LogP contribution >= 0.6 is 0 Å². The zero-order valence-corrected chi connectivity index (χ0v) is 14.2. The molecule has 2 aromatic rings. The smallest absolute Gasteiger partial charge is 0.228 e. The van der Waals surface area contributed by atoms with Crippen molar-refractivity contribution >= 4 is 11.6 Å². The van der Waals surface area contributed by atoms with E-state index in [2.05, 4.69) is 31.3 Å². The Balaban J connectivity index is 1.74. The topological polar surface area (TPSA) is 47.6 Å². The number of hydrogen-bond acceptors (Lipinski definition) is 3. The molecule has 24 heavy (non-hydrogen) atoms. The van der Waals surface area contributed by atoms with E-state index in [9.17, 15) is 4.79 Å². The van der Waals surface area contributed by atoms with Crippen LogP contribution in [0, 0.1) is 0 Å². The standard InChI is InChI=1S/C20H23NO3/c1-3-15-6-5-7-16(4-2)20(15)21-19(22)13-14-8-9-17-18(12-14)24-11-10-23-17/h5-9,12H,3-4,10-11,13H2,1-2H3,(H,21,22). The van der Waals surface area contributed by atoms with Crippen LogP contribution in [0.3, 0.4) is 0 Å². The fraction of sp³-hybridized carbons (Fsp3) is 0.350. The average Bonchev–Trinajstić information content (AvgIpc) is 2.61. The third kappa shape index (κ3) is 3.53. The second kappa shape index (κ2) is 7.39. The zero-order chi connectivity index (χ0) is 16.9. The molecule has 0 atom stereocenters. The fourth-order valence-corrected chi connectivity index (χ4v) is 2.97. The van der Waals surface area contributed by atoms with Gasteiger partial charge < -0.3 is 14.8 Å². The van der Waals surface area contributed by atoms with Crippen molar-refractivity contribution in [3.8, 4) is 11.5 Å². The first-order valence-electron chi connectivity index (χ1n) is 8.50. The number of fused-ring (bicyclic) bond motifs is 1. The summed E-state index contributed by atoms with van der Waals surface area (Å²) in [4.78, 5) is 12.5. The molecule has 0 aromatic heterocycles. The molecule has 126 valence electrons. The van der Waals surface area contributed by atoms with Crippen molar-refractivity contribution in [2.45, 2.75) is 33.1 Å². The van der Waals surface area contributed by atoms with Crippen LogP contribution in [0.15, 0.2) is 36.4 Å². The van der Waals surface area contributed by atoms with Gasteiger partial charge in [0, 0.05) is 5.69 Å². The molecular formula is C20H23NO3. The first-order valence-corrected chi connectivity index (χ1v) is 8.50. The molecule has 3 rings (SSSR count). The summed E-state index contributed by atoms with van der Waals surface area (Å²) in [5.41, 5.74) is 4.23. The van der Waals surface area contributed by atoms with Crippen LogP contribution in [-0.2, 0) is 24.1 Å². The maximum absolute atomic E-state index is 12.5. The Hall–Kier alpha value is -2.49. The number of rotatable bonds is 5. The molecule has 0 aliphatic carbocycles. The van der Waals surface area contributed by atoms with Gasteiger partial charge in [0.05, 0.1) is 6.42 Å². The lowest BCUT2D eigenvalue weighted by molar-refractivity contribution is -0.115. The lowest BCUT2D eigenvalue weighted by Gasteiger charge is -2.19. The summed E-state index contributed by atoms with van der Waals surface area (Å²) in [7, 11) is 0. The molecule has 0 unspecified atom stereocenters. The van der Waals surface area contributed by atoms with Gasteiger partial charge in [-0.05, 0) is 41.7 Å². The quantitative estimate of drug-likeness (QED) is 0.910. The summed E-state index contributed by atoms with van der Waals surface area (Å²) in [6, 6.07) is 11.9. The van der Waals surface area contributed by atoms with Crippen LogP contribution in [0.4, 0.5) is 5.69 Å². The molecular weight excluding hydrogens is 302 g/mol. The number of hydrogen-bond donors (Lipinski definition) is 1. The minimum absolute atomic E-state index is 0.0118. The van der Waals surface area contributed by atoms with E-state index in [4.69, 9.17) is 9.47 Å². The Bertz CT molecular complexity index is 717. The lowest BCUT2D eigenvalue weighted by atomic mass is 10.0. The summed E-state index contributed by atoms with van der Waals surface area (Å²) >= 11 is 0. The second-order valence-electron chi connectivity index (χ2n) is 5.86. The van der Waals surface area contributed by atoms with Crippen LogP contribution in [0.2, 0.25) is 0 Å². The fourth-order valence-electron chi connectivity index (χ4n) is 2.97. The molecule has 0 saturated heterocycles. The van der Waals surface area contributed by atoms with E-state index in [0.29, 0.717) is 19.6 Å². The van der Waals surface area contributed by atoms with Crippen molar-refractivity contribution in [1.82, 2.24) is 0 Å². The molecule has 0 spiro atoms. The summed E-state index contributed by atoms with van der Waals surface area (Å²) < 4.78 is 11.1. The van der Waals surface area contributed by atoms with Gasteiger partial charge in [0.2, 0.25) is 5.91 Å². The minimum atomic E-state index is -0.0118. The first kappa shape index (κ1) is 16.4. The molecule has 0 radical (unpaired) electrons. The normalized spacial score (nSPS) is 12.8. The number of nitrogens with one attached hydrogen (secondary N) is 1. The highest BCUT2D eigenvalue weighted by Crippen LogP contribution is 2.31. The zero-order valence-electron chi connectivity index (χ0n) is 14.2. The van der Waals surface area contributed by atoms with E-state index in [1.807, 2.05) is 24.3 Å². The highest BCUT2D eigenvalue weighted by atomic mass is 16.6. The van der Waals surface area contributed by atoms with E-state index in [-0.39, 0.29) is 5.91 Å². The van der Waals surface area contributed by atoms with Gasteiger partial charge in [0.25, 0.3) is 0 Å². The molecule has 4 nitrogen and oxygen atoms in total. The molecule has 0 bridgehead atoms. The lowest BCUT2D eigenvalue weighted by Crippen LogP contribution is -2.18. The molecule has 2 aromatic carbocycles. The number of ether oxygens (including phenoxy) is 2. The molecule has 1 amide bonds. The Kier molecular flexibility index (Phi) is 5.04. The van der Waals surface area contributed by atoms with E-state index >= 15 is 0 Å². The molecule has 1 heterocycles. The minimum Gasteiger partial charge on any atom is -0.486 e. The van der Waals surface area contributed by atoms with Crippen molar-refractivity contribution in [2.75, 3.05) is 18.5 Å². The molecule has 0 saturated carbocycles. The van der Waals surface area contributed by atoms with Crippen LogP contribution in [0.1, 0.15) is 30.5 Å². The van der Waals surface area contributed by atoms with E-state index in [0.717, 1.165) is 35.6 Å². The van der Waals surface area contributed by atoms with Crippen LogP contribution in [0.5, 0.6) is 11.5 Å². The monoisotopic (exact) mass is 325 g/mol. The van der Waals surface area contributed by atoms with Gasteiger partial charge in [0.15, 0.2) is 11.5 Å². The number of carbonyl (C=O) groups excluding carboxylic acids is 1. The highest BCUT2D eigenvalue weighted by Gasteiger charge is 2.14. The van der Waals surface area contributed by atoms with E-state index < -0.39 is 0 Å². The molecule has 1 N–H and O–H groups in total. The maximum Gasteiger partial charge on any atom is 0.228 e. The van der Waals surface area contributed by atoms with Crippen LogP contribution < -0.4 is 14.8 Å². The predicted octanol–water partition coefficient (Wildman–Crippen LogP) is 3.76. The van der Waals surface area contributed by atoms with Crippen molar-refractivity contribution < 1.29 is 14.3 Å². The number of aryl methyl sites for hydroxylation is 2. The highest BCUT2D eigenvalue weighted by molar-refractivity contribution is 5.94. The van der Waals surface area contributed by atoms with Gasteiger partial charge >= 0.3 is 0 Å². The number of carbonyl (C=O) groups is 1.